The molecular weight excluding hydrogens is 210 g/mol. The third-order valence-corrected chi connectivity index (χ3v) is 3.48. The summed E-state index contributed by atoms with van der Waals surface area (Å²) in [5.74, 6) is 0.488. The maximum atomic E-state index is 5.69. The van der Waals surface area contributed by atoms with Gasteiger partial charge in [0.05, 0.1) is 0 Å². The molecule has 6 heteroatoms. The number of fused-ring (bicyclic) bond motifs is 1. The molecule has 0 saturated carbocycles. The van der Waals surface area contributed by atoms with E-state index in [9.17, 15) is 0 Å². The number of hydrogen-bond donors (Lipinski definition) is 2. The Balaban J connectivity index is 2.44. The van der Waals surface area contributed by atoms with Crippen LogP contribution in [0.15, 0.2) is 11.0 Å². The highest BCUT2D eigenvalue weighted by Crippen LogP contribution is 2.30. The topological polar surface area (TPSA) is 80.5 Å². The zero-order valence-electron chi connectivity index (χ0n) is 8.69. The number of nitrogens with two attached hydrogens (primary N) is 1. The van der Waals surface area contributed by atoms with Gasteiger partial charge in [-0.25, -0.2) is 4.98 Å². The summed E-state index contributed by atoms with van der Waals surface area (Å²) in [7, 11) is 0. The van der Waals surface area contributed by atoms with E-state index in [1.165, 1.54) is 0 Å². The Kier molecular flexibility index (Phi) is 2.77. The predicted molar refractivity (Wildman–Crippen MR) is 61.7 cm³/mol. The van der Waals surface area contributed by atoms with Crippen LogP contribution in [0.4, 0.5) is 5.82 Å². The number of aromatic amines is 1. The number of rotatable bonds is 3. The van der Waals surface area contributed by atoms with Gasteiger partial charge < -0.3 is 5.73 Å². The van der Waals surface area contributed by atoms with Crippen molar-refractivity contribution in [2.45, 2.75) is 30.4 Å². The van der Waals surface area contributed by atoms with E-state index in [4.69, 9.17) is 5.73 Å². The van der Waals surface area contributed by atoms with Gasteiger partial charge in [-0.3, -0.25) is 0 Å². The Labute approximate surface area is 91.8 Å². The van der Waals surface area contributed by atoms with Crippen LogP contribution >= 0.6 is 11.8 Å². The molecule has 3 N–H and O–H groups in total. The molecule has 0 saturated heterocycles. The highest BCUT2D eigenvalue weighted by atomic mass is 32.2. The predicted octanol–water partition coefficient (Wildman–Crippen LogP) is 1.83. The first-order valence-corrected chi connectivity index (χ1v) is 5.72. The number of nitrogen functional groups attached to an aromatic ring is 1. The molecule has 0 spiro atoms. The van der Waals surface area contributed by atoms with Gasteiger partial charge in [-0.15, -0.1) is 16.9 Å². The van der Waals surface area contributed by atoms with Crippen LogP contribution in [0.1, 0.15) is 20.3 Å². The van der Waals surface area contributed by atoms with Crippen LogP contribution in [0.25, 0.3) is 11.2 Å². The molecule has 2 aromatic rings. The van der Waals surface area contributed by atoms with Crippen LogP contribution in [-0.2, 0) is 0 Å². The largest absolute Gasteiger partial charge is 0.384 e. The van der Waals surface area contributed by atoms with E-state index in [2.05, 4.69) is 34.2 Å². The van der Waals surface area contributed by atoms with E-state index in [1.54, 1.807) is 11.8 Å². The number of anilines is 1. The zero-order chi connectivity index (χ0) is 10.8. The van der Waals surface area contributed by atoms with Crippen molar-refractivity contribution < 1.29 is 0 Å². The van der Waals surface area contributed by atoms with E-state index in [1.807, 2.05) is 6.07 Å². The lowest BCUT2D eigenvalue weighted by Gasteiger charge is -2.08. The van der Waals surface area contributed by atoms with E-state index in [0.29, 0.717) is 16.7 Å². The highest BCUT2D eigenvalue weighted by Gasteiger charge is 2.11. The van der Waals surface area contributed by atoms with E-state index in [0.717, 1.165) is 16.8 Å². The first kappa shape index (κ1) is 10.2. The molecular formula is C9H13N5S. The van der Waals surface area contributed by atoms with Gasteiger partial charge >= 0.3 is 0 Å². The second-order valence-electron chi connectivity index (χ2n) is 3.38. The first-order chi connectivity index (χ1) is 7.20. The van der Waals surface area contributed by atoms with Gasteiger partial charge in [0.1, 0.15) is 11.3 Å². The molecule has 0 bridgehead atoms. The van der Waals surface area contributed by atoms with Crippen molar-refractivity contribution in [3.8, 4) is 0 Å². The van der Waals surface area contributed by atoms with Gasteiger partial charge in [0.25, 0.3) is 0 Å². The summed E-state index contributed by atoms with van der Waals surface area (Å²) in [5.41, 5.74) is 7.08. The number of nitrogens with zero attached hydrogens (tertiary/aromatic N) is 3. The Hall–Kier alpha value is -1.30. The lowest BCUT2D eigenvalue weighted by atomic mass is 10.4. The van der Waals surface area contributed by atoms with Gasteiger partial charge in [0.15, 0.2) is 0 Å². The molecule has 2 aromatic heterocycles. The lowest BCUT2D eigenvalue weighted by molar-refractivity contribution is 0.905. The maximum Gasteiger partial charge on any atom is 0.204 e. The summed E-state index contributed by atoms with van der Waals surface area (Å²) < 4.78 is 0. The first-order valence-electron chi connectivity index (χ1n) is 4.84. The molecule has 15 heavy (non-hydrogen) atoms. The fraction of sp³-hybridized carbons (Fsp3) is 0.444. The van der Waals surface area contributed by atoms with Gasteiger partial charge in [-0.1, -0.05) is 13.8 Å². The summed E-state index contributed by atoms with van der Waals surface area (Å²) >= 11 is 1.75. The molecule has 1 unspecified atom stereocenters. The maximum absolute atomic E-state index is 5.69. The molecule has 0 radical (unpaired) electrons. The molecule has 0 aliphatic rings. The Morgan fingerprint density at radius 2 is 2.33 bits per heavy atom. The fourth-order valence-corrected chi connectivity index (χ4v) is 2.25. The third-order valence-electron chi connectivity index (χ3n) is 2.18. The number of hydrogen-bond acceptors (Lipinski definition) is 5. The Morgan fingerprint density at radius 3 is 3.07 bits per heavy atom. The molecule has 0 aromatic carbocycles. The minimum absolute atomic E-state index is 0.488. The van der Waals surface area contributed by atoms with Gasteiger partial charge in [0, 0.05) is 10.1 Å². The fourth-order valence-electron chi connectivity index (χ4n) is 1.22. The quantitative estimate of drug-likeness (QED) is 0.776. The monoisotopic (exact) mass is 223 g/mol. The smallest absolute Gasteiger partial charge is 0.204 e. The third kappa shape index (κ3) is 2.04. The molecule has 5 nitrogen and oxygen atoms in total. The van der Waals surface area contributed by atoms with Crippen LogP contribution < -0.4 is 5.73 Å². The van der Waals surface area contributed by atoms with E-state index in [-0.39, 0.29) is 0 Å². The molecule has 2 heterocycles. The van der Waals surface area contributed by atoms with Gasteiger partial charge in [-0.2, -0.15) is 10.3 Å². The SMILES string of the molecule is CCC(C)Sc1cc(N)nc2n[nH]nc12. The van der Waals surface area contributed by atoms with Crippen LogP contribution in [0.3, 0.4) is 0 Å². The van der Waals surface area contributed by atoms with Gasteiger partial charge in [0.2, 0.25) is 5.65 Å². The molecule has 0 fully saturated rings. The summed E-state index contributed by atoms with van der Waals surface area (Å²) in [6.45, 7) is 4.33. The minimum Gasteiger partial charge on any atom is -0.384 e. The van der Waals surface area contributed by atoms with Crippen LogP contribution in [0, 0.1) is 0 Å². The van der Waals surface area contributed by atoms with E-state index >= 15 is 0 Å². The van der Waals surface area contributed by atoms with Crippen molar-refractivity contribution in [2.24, 2.45) is 0 Å². The lowest BCUT2D eigenvalue weighted by Crippen LogP contribution is -1.96. The molecule has 1 atom stereocenters. The average Bonchev–Trinajstić information content (AvgIpc) is 2.65. The molecule has 2 rings (SSSR count). The number of nitrogens with one attached hydrogen (secondary N) is 1. The zero-order valence-corrected chi connectivity index (χ0v) is 9.51. The summed E-state index contributed by atoms with van der Waals surface area (Å²) in [5, 5.41) is 11.1. The van der Waals surface area contributed by atoms with Crippen molar-refractivity contribution in [1.82, 2.24) is 20.4 Å². The number of aromatic nitrogens is 4. The van der Waals surface area contributed by atoms with Crippen molar-refractivity contribution in [1.29, 1.82) is 0 Å². The normalized spacial score (nSPS) is 13.2. The average molecular weight is 223 g/mol. The van der Waals surface area contributed by atoms with Crippen molar-refractivity contribution >= 4 is 28.7 Å². The van der Waals surface area contributed by atoms with Crippen molar-refractivity contribution in [2.75, 3.05) is 5.73 Å². The Morgan fingerprint density at radius 1 is 1.53 bits per heavy atom. The van der Waals surface area contributed by atoms with Crippen molar-refractivity contribution in [3.05, 3.63) is 6.07 Å². The van der Waals surface area contributed by atoms with Crippen LogP contribution in [0.5, 0.6) is 0 Å². The minimum atomic E-state index is 0.488. The second kappa shape index (κ2) is 4.06. The molecule has 0 aliphatic carbocycles. The number of pyridine rings is 1. The Bertz CT molecular complexity index is 466. The molecule has 80 valence electrons. The molecule has 0 amide bonds. The second-order valence-corrected chi connectivity index (χ2v) is 4.86. The standard InChI is InChI=1S/C9H13N5S/c1-3-5(2)15-6-4-7(10)11-9-8(6)12-14-13-9/h4-5H,3H2,1-2H3,(H3,10,11,12,13,14). The van der Waals surface area contributed by atoms with E-state index < -0.39 is 0 Å². The van der Waals surface area contributed by atoms with Crippen LogP contribution in [0.2, 0.25) is 0 Å². The van der Waals surface area contributed by atoms with Gasteiger partial charge in [-0.05, 0) is 12.5 Å². The molecule has 0 aliphatic heterocycles. The summed E-state index contributed by atoms with van der Waals surface area (Å²) in [6.07, 6.45) is 1.10. The summed E-state index contributed by atoms with van der Waals surface area (Å²) in [4.78, 5) is 5.13. The van der Waals surface area contributed by atoms with Crippen LogP contribution in [-0.4, -0.2) is 25.6 Å². The number of thioether (sulfide) groups is 1. The van der Waals surface area contributed by atoms with Crippen molar-refractivity contribution in [3.63, 3.8) is 0 Å². The highest BCUT2D eigenvalue weighted by molar-refractivity contribution is 8.00. The summed E-state index contributed by atoms with van der Waals surface area (Å²) in [6, 6.07) is 1.85. The number of H-pyrrole nitrogens is 1.